The van der Waals surface area contributed by atoms with Crippen LogP contribution in [0.5, 0.6) is 11.5 Å². The first kappa shape index (κ1) is 29.2. The maximum Gasteiger partial charge on any atom is 0.272 e. The minimum Gasteiger partial charge on any atom is -0.493 e. The van der Waals surface area contributed by atoms with Crippen molar-refractivity contribution < 1.29 is 23.9 Å². The summed E-state index contributed by atoms with van der Waals surface area (Å²) in [7, 11) is 3.06. The Morgan fingerprint density at radius 2 is 1.51 bits per heavy atom. The van der Waals surface area contributed by atoms with Crippen LogP contribution in [0.3, 0.4) is 0 Å². The summed E-state index contributed by atoms with van der Waals surface area (Å²) in [5.41, 5.74) is 3.35. The SMILES string of the molecule is COc1ccc(/C=C(\NC(=O)c2ccccc2)C(=O)Nc2cccc(SCC(=O)c3ccc(C)cc3)c2)cc1OC. The zero-order valence-electron chi connectivity index (χ0n) is 23.0. The summed E-state index contributed by atoms with van der Waals surface area (Å²) in [6.45, 7) is 1.98. The number of aryl methyl sites for hydroxylation is 1. The maximum absolute atomic E-state index is 13.4. The average molecular weight is 567 g/mol. The lowest BCUT2D eigenvalue weighted by molar-refractivity contribution is -0.113. The van der Waals surface area contributed by atoms with Crippen LogP contribution in [-0.4, -0.2) is 37.6 Å². The Balaban J connectivity index is 1.53. The van der Waals surface area contributed by atoms with Gasteiger partial charge in [0.15, 0.2) is 17.3 Å². The molecule has 0 aliphatic rings. The first-order valence-electron chi connectivity index (χ1n) is 12.8. The van der Waals surface area contributed by atoms with E-state index in [2.05, 4.69) is 10.6 Å². The molecule has 0 aliphatic heterocycles. The number of nitrogens with one attached hydrogen (secondary N) is 2. The number of anilines is 1. The Morgan fingerprint density at radius 1 is 0.780 bits per heavy atom. The van der Waals surface area contributed by atoms with Gasteiger partial charge in [-0.2, -0.15) is 0 Å². The van der Waals surface area contributed by atoms with Crippen LogP contribution in [0.1, 0.15) is 31.8 Å². The molecule has 0 atom stereocenters. The van der Waals surface area contributed by atoms with Gasteiger partial charge in [-0.25, -0.2) is 0 Å². The Kier molecular flexibility index (Phi) is 9.96. The van der Waals surface area contributed by atoms with Crippen LogP contribution in [0, 0.1) is 6.92 Å². The highest BCUT2D eigenvalue weighted by Gasteiger charge is 2.16. The third-order valence-corrected chi connectivity index (χ3v) is 7.08. The topological polar surface area (TPSA) is 93.7 Å². The number of Topliss-reactive ketones (excluding diaryl/α,β-unsaturated/α-hetero) is 1. The summed E-state index contributed by atoms with van der Waals surface area (Å²) >= 11 is 1.38. The van der Waals surface area contributed by atoms with E-state index in [4.69, 9.17) is 9.47 Å². The standard InChI is InChI=1S/C33H30N2O5S/c1-22-12-15-24(16-13-22)29(36)21-41-27-11-7-10-26(20-27)34-33(38)28(35-32(37)25-8-5-4-6-9-25)18-23-14-17-30(39-2)31(19-23)40-3/h4-20H,21H2,1-3H3,(H,34,38)(H,35,37)/b28-18-. The number of methoxy groups -OCH3 is 2. The largest absolute Gasteiger partial charge is 0.493 e. The number of carbonyl (C=O) groups excluding carboxylic acids is 3. The number of rotatable bonds is 11. The average Bonchev–Trinajstić information content (AvgIpc) is 3.00. The van der Waals surface area contributed by atoms with Gasteiger partial charge in [-0.05, 0) is 61.0 Å². The molecule has 0 saturated heterocycles. The monoisotopic (exact) mass is 566 g/mol. The van der Waals surface area contributed by atoms with Crippen LogP contribution >= 0.6 is 11.8 Å². The second-order valence-electron chi connectivity index (χ2n) is 9.05. The van der Waals surface area contributed by atoms with Crippen LogP contribution in [0.15, 0.2) is 108 Å². The van der Waals surface area contributed by atoms with Crippen LogP contribution in [0.4, 0.5) is 5.69 Å². The number of ether oxygens (including phenoxy) is 2. The lowest BCUT2D eigenvalue weighted by Crippen LogP contribution is -2.30. The molecule has 0 radical (unpaired) electrons. The number of ketones is 1. The fourth-order valence-corrected chi connectivity index (χ4v) is 4.73. The molecule has 2 amide bonds. The van der Waals surface area contributed by atoms with Gasteiger partial charge in [0.05, 0.1) is 20.0 Å². The molecule has 0 spiro atoms. The number of hydrogen-bond acceptors (Lipinski definition) is 6. The van der Waals surface area contributed by atoms with Crippen LogP contribution in [-0.2, 0) is 4.79 Å². The first-order chi connectivity index (χ1) is 19.9. The van der Waals surface area contributed by atoms with Gasteiger partial charge < -0.3 is 20.1 Å². The van der Waals surface area contributed by atoms with E-state index in [0.29, 0.717) is 33.9 Å². The van der Waals surface area contributed by atoms with Crippen molar-refractivity contribution in [2.45, 2.75) is 11.8 Å². The predicted molar refractivity (Wildman–Crippen MR) is 163 cm³/mol. The van der Waals surface area contributed by atoms with Crippen LogP contribution in [0.25, 0.3) is 6.08 Å². The molecule has 2 N–H and O–H groups in total. The third kappa shape index (κ3) is 8.09. The van der Waals surface area contributed by atoms with Crippen LogP contribution < -0.4 is 20.1 Å². The molecule has 8 heteroatoms. The molecule has 0 bridgehead atoms. The minimum absolute atomic E-state index is 0.0215. The van der Waals surface area contributed by atoms with Gasteiger partial charge in [0.2, 0.25) is 0 Å². The van der Waals surface area contributed by atoms with Gasteiger partial charge in [-0.15, -0.1) is 11.8 Å². The summed E-state index contributed by atoms with van der Waals surface area (Å²) in [5, 5.41) is 5.59. The molecule has 0 heterocycles. The lowest BCUT2D eigenvalue weighted by Gasteiger charge is -2.13. The second-order valence-corrected chi connectivity index (χ2v) is 10.1. The molecule has 4 aromatic rings. The van der Waals surface area contributed by atoms with Gasteiger partial charge in [0.25, 0.3) is 11.8 Å². The Labute approximate surface area is 243 Å². The summed E-state index contributed by atoms with van der Waals surface area (Å²) in [6, 6.07) is 28.5. The number of benzene rings is 4. The summed E-state index contributed by atoms with van der Waals surface area (Å²) < 4.78 is 10.7. The zero-order chi connectivity index (χ0) is 29.2. The highest BCUT2D eigenvalue weighted by Crippen LogP contribution is 2.29. The van der Waals surface area contributed by atoms with E-state index >= 15 is 0 Å². The quantitative estimate of drug-likeness (QED) is 0.124. The highest BCUT2D eigenvalue weighted by atomic mass is 32.2. The summed E-state index contributed by atoms with van der Waals surface area (Å²) in [6.07, 6.45) is 1.57. The van der Waals surface area contributed by atoms with E-state index in [1.807, 2.05) is 43.3 Å². The fraction of sp³-hybridized carbons (Fsp3) is 0.121. The minimum atomic E-state index is -0.512. The zero-order valence-corrected chi connectivity index (χ0v) is 23.8. The number of amides is 2. The van der Waals surface area contributed by atoms with E-state index in [9.17, 15) is 14.4 Å². The van der Waals surface area contributed by atoms with Gasteiger partial charge in [0.1, 0.15) is 5.70 Å². The Morgan fingerprint density at radius 3 is 2.22 bits per heavy atom. The van der Waals surface area contributed by atoms with E-state index < -0.39 is 11.8 Å². The molecule has 0 unspecified atom stereocenters. The molecule has 0 saturated carbocycles. The van der Waals surface area contributed by atoms with Crippen molar-refractivity contribution in [3.63, 3.8) is 0 Å². The molecule has 0 fully saturated rings. The third-order valence-electron chi connectivity index (χ3n) is 6.08. The van der Waals surface area contributed by atoms with Crippen LogP contribution in [0.2, 0.25) is 0 Å². The molecule has 41 heavy (non-hydrogen) atoms. The van der Waals surface area contributed by atoms with E-state index in [-0.39, 0.29) is 17.2 Å². The van der Waals surface area contributed by atoms with Crippen molar-refractivity contribution in [2.24, 2.45) is 0 Å². The van der Waals surface area contributed by atoms with Crippen molar-refractivity contribution in [3.05, 3.63) is 125 Å². The molecule has 0 aromatic heterocycles. The van der Waals surface area contributed by atoms with Crippen molar-refractivity contribution in [3.8, 4) is 11.5 Å². The van der Waals surface area contributed by atoms with Crippen molar-refractivity contribution in [2.75, 3.05) is 25.3 Å². The normalized spacial score (nSPS) is 11.0. The van der Waals surface area contributed by atoms with E-state index in [1.165, 1.54) is 26.0 Å². The molecular formula is C33H30N2O5S. The second kappa shape index (κ2) is 14.0. The molecular weight excluding hydrogens is 536 g/mol. The Bertz CT molecular complexity index is 1570. The van der Waals surface area contributed by atoms with Gasteiger partial charge in [0, 0.05) is 21.7 Å². The summed E-state index contributed by atoms with van der Waals surface area (Å²) in [4.78, 5) is 39.8. The molecule has 4 aromatic carbocycles. The highest BCUT2D eigenvalue weighted by molar-refractivity contribution is 8.00. The van der Waals surface area contributed by atoms with Crippen molar-refractivity contribution in [1.82, 2.24) is 5.32 Å². The molecule has 0 aliphatic carbocycles. The van der Waals surface area contributed by atoms with E-state index in [1.54, 1.807) is 66.7 Å². The van der Waals surface area contributed by atoms with E-state index in [0.717, 1.165) is 10.5 Å². The first-order valence-corrected chi connectivity index (χ1v) is 13.8. The summed E-state index contributed by atoms with van der Waals surface area (Å²) in [5.74, 6) is 0.374. The molecule has 7 nitrogen and oxygen atoms in total. The number of carbonyl (C=O) groups is 3. The maximum atomic E-state index is 13.4. The van der Waals surface area contributed by atoms with Gasteiger partial charge in [-0.3, -0.25) is 14.4 Å². The van der Waals surface area contributed by atoms with Gasteiger partial charge in [-0.1, -0.05) is 60.2 Å². The molecule has 208 valence electrons. The smallest absolute Gasteiger partial charge is 0.272 e. The van der Waals surface area contributed by atoms with Crippen molar-refractivity contribution in [1.29, 1.82) is 0 Å². The van der Waals surface area contributed by atoms with Crippen molar-refractivity contribution >= 4 is 41.1 Å². The van der Waals surface area contributed by atoms with Gasteiger partial charge >= 0.3 is 0 Å². The molecule has 4 rings (SSSR count). The predicted octanol–water partition coefficient (Wildman–Crippen LogP) is 6.40. The lowest BCUT2D eigenvalue weighted by atomic mass is 10.1. The number of hydrogen-bond donors (Lipinski definition) is 2. The number of thioether (sulfide) groups is 1. The Hall–Kier alpha value is -4.82. The fourth-order valence-electron chi connectivity index (χ4n) is 3.89.